The minimum Gasteiger partial charge on any atom is -0.489 e. The summed E-state index contributed by atoms with van der Waals surface area (Å²) in [5.74, 6) is -0.906. The van der Waals surface area contributed by atoms with Crippen LogP contribution in [0.1, 0.15) is 60.9 Å². The second kappa shape index (κ2) is 14.3. The number of esters is 2. The van der Waals surface area contributed by atoms with Gasteiger partial charge < -0.3 is 24.3 Å². The predicted molar refractivity (Wildman–Crippen MR) is 174 cm³/mol. The van der Waals surface area contributed by atoms with Crippen LogP contribution in [0.5, 0.6) is 5.75 Å². The minimum atomic E-state index is -1.30. The van der Waals surface area contributed by atoms with Gasteiger partial charge in [-0.1, -0.05) is 90.5 Å². The molecule has 0 aliphatic heterocycles. The molecule has 0 heterocycles. The molecule has 8 nitrogen and oxygen atoms in total. The van der Waals surface area contributed by atoms with E-state index in [1.807, 2.05) is 79.7 Å². The average Bonchev–Trinajstić information content (AvgIpc) is 3.35. The van der Waals surface area contributed by atoms with Gasteiger partial charge >= 0.3 is 18.0 Å². The quantitative estimate of drug-likeness (QED) is 0.139. The van der Waals surface area contributed by atoms with Crippen LogP contribution >= 0.6 is 0 Å². The maximum Gasteiger partial charge on any atom is 0.407 e. The van der Waals surface area contributed by atoms with E-state index in [2.05, 4.69) is 5.32 Å². The molecule has 0 radical (unpaired) electrons. The van der Waals surface area contributed by atoms with E-state index in [-0.39, 0.29) is 19.1 Å². The van der Waals surface area contributed by atoms with Crippen molar-refractivity contribution in [1.82, 2.24) is 5.32 Å². The summed E-state index contributed by atoms with van der Waals surface area (Å²) in [6.07, 6.45) is -1.24. The summed E-state index contributed by atoms with van der Waals surface area (Å²) in [5, 5.41) is 2.53. The normalized spacial score (nSPS) is 12.8. The van der Waals surface area contributed by atoms with Crippen LogP contribution in [0.4, 0.5) is 4.79 Å². The fraction of sp³-hybridized carbons (Fsp3) is 0.289. The molecule has 0 saturated carbocycles. The van der Waals surface area contributed by atoms with Gasteiger partial charge in [-0.25, -0.2) is 9.59 Å². The lowest BCUT2D eigenvalue weighted by Crippen LogP contribution is -2.44. The summed E-state index contributed by atoms with van der Waals surface area (Å²) >= 11 is 0. The standard InChI is InChI=1S/C38H39NO7/c1-25-13-15-26(16-14-25)22-43-28-19-17-27(18-20-28)23-44-36(41)34(21-35(40)46-38(2,3)4)39-37(42)45-24-33-31-11-7-5-9-29(31)30-10-6-8-12-32(30)33/h5-20,33-34H,21-24H2,1-4H3,(H,39,42)/t34-/m1/s1. The first-order valence-electron chi connectivity index (χ1n) is 15.3. The van der Waals surface area contributed by atoms with Crippen molar-refractivity contribution in [2.24, 2.45) is 0 Å². The largest absolute Gasteiger partial charge is 0.489 e. The summed E-state index contributed by atoms with van der Waals surface area (Å²) in [7, 11) is 0. The Balaban J connectivity index is 1.18. The lowest BCUT2D eigenvalue weighted by molar-refractivity contribution is -0.160. The SMILES string of the molecule is Cc1ccc(COc2ccc(COC(=O)[C@@H](CC(=O)OC(C)(C)C)NC(=O)OCC3c4ccccc4-c4ccccc43)cc2)cc1. The number of hydrogen-bond acceptors (Lipinski definition) is 7. The zero-order chi connectivity index (χ0) is 32.7. The highest BCUT2D eigenvalue weighted by molar-refractivity contribution is 5.86. The number of nitrogens with one attached hydrogen (secondary N) is 1. The Hall–Kier alpha value is -5.11. The van der Waals surface area contributed by atoms with Gasteiger partial charge in [0.05, 0.1) is 6.42 Å². The van der Waals surface area contributed by atoms with Crippen LogP contribution in [0.25, 0.3) is 11.1 Å². The number of fused-ring (bicyclic) bond motifs is 3. The lowest BCUT2D eigenvalue weighted by Gasteiger charge is -2.22. The van der Waals surface area contributed by atoms with E-state index >= 15 is 0 Å². The summed E-state index contributed by atoms with van der Waals surface area (Å²) in [6.45, 7) is 7.65. The molecule has 46 heavy (non-hydrogen) atoms. The third kappa shape index (κ3) is 8.53. The number of amides is 1. The number of hydrogen-bond donors (Lipinski definition) is 1. The zero-order valence-corrected chi connectivity index (χ0v) is 26.6. The van der Waals surface area contributed by atoms with Crippen LogP contribution in [0.3, 0.4) is 0 Å². The van der Waals surface area contributed by atoms with Crippen molar-refractivity contribution in [2.75, 3.05) is 6.61 Å². The topological polar surface area (TPSA) is 100 Å². The van der Waals surface area contributed by atoms with Gasteiger partial charge in [-0.2, -0.15) is 0 Å². The molecule has 238 valence electrons. The fourth-order valence-electron chi connectivity index (χ4n) is 5.31. The van der Waals surface area contributed by atoms with Crippen molar-refractivity contribution in [3.05, 3.63) is 125 Å². The Bertz CT molecular complexity index is 1630. The van der Waals surface area contributed by atoms with E-state index < -0.39 is 36.1 Å². The van der Waals surface area contributed by atoms with Crippen LogP contribution < -0.4 is 10.1 Å². The van der Waals surface area contributed by atoms with E-state index in [4.69, 9.17) is 18.9 Å². The van der Waals surface area contributed by atoms with Crippen LogP contribution in [0.15, 0.2) is 97.1 Å². The Morgan fingerprint density at radius 2 is 1.30 bits per heavy atom. The third-order valence-electron chi connectivity index (χ3n) is 7.54. The van der Waals surface area contributed by atoms with E-state index in [0.29, 0.717) is 17.9 Å². The first-order chi connectivity index (χ1) is 22.1. The van der Waals surface area contributed by atoms with Crippen LogP contribution in [0.2, 0.25) is 0 Å². The Morgan fingerprint density at radius 3 is 1.91 bits per heavy atom. The molecular weight excluding hydrogens is 582 g/mol. The first-order valence-corrected chi connectivity index (χ1v) is 15.3. The van der Waals surface area contributed by atoms with Gasteiger partial charge in [0.1, 0.15) is 37.2 Å². The first kappa shape index (κ1) is 32.3. The maximum atomic E-state index is 13.2. The Labute approximate surface area is 269 Å². The number of carbonyl (C=O) groups excluding carboxylic acids is 3. The maximum absolute atomic E-state index is 13.2. The van der Waals surface area contributed by atoms with Gasteiger partial charge in [-0.05, 0) is 73.2 Å². The molecule has 0 saturated heterocycles. The molecule has 0 fully saturated rings. The van der Waals surface area contributed by atoms with Crippen molar-refractivity contribution >= 4 is 18.0 Å². The lowest BCUT2D eigenvalue weighted by atomic mass is 9.98. The molecule has 1 aliphatic carbocycles. The average molecular weight is 622 g/mol. The number of benzene rings is 4. The number of carbonyl (C=O) groups is 3. The van der Waals surface area contributed by atoms with Crippen LogP contribution in [-0.2, 0) is 37.0 Å². The third-order valence-corrected chi connectivity index (χ3v) is 7.54. The van der Waals surface area contributed by atoms with Gasteiger partial charge in [-0.3, -0.25) is 4.79 Å². The van der Waals surface area contributed by atoms with Crippen molar-refractivity contribution in [2.45, 2.75) is 64.9 Å². The molecule has 0 spiro atoms. The zero-order valence-electron chi connectivity index (χ0n) is 26.6. The number of alkyl carbamates (subject to hydrolysis) is 1. The van der Waals surface area contributed by atoms with Gasteiger partial charge in [-0.15, -0.1) is 0 Å². The van der Waals surface area contributed by atoms with Gasteiger partial charge in [0.15, 0.2) is 0 Å². The molecular formula is C38H39NO7. The van der Waals surface area contributed by atoms with E-state index in [1.54, 1.807) is 45.0 Å². The molecule has 8 heteroatoms. The van der Waals surface area contributed by atoms with Crippen LogP contribution in [-0.4, -0.2) is 36.3 Å². The predicted octanol–water partition coefficient (Wildman–Crippen LogP) is 7.26. The molecule has 1 N–H and O–H groups in total. The molecule has 1 atom stereocenters. The molecule has 5 rings (SSSR count). The van der Waals surface area contributed by atoms with E-state index in [1.165, 1.54) is 5.56 Å². The molecule has 4 aromatic carbocycles. The molecule has 0 unspecified atom stereocenters. The van der Waals surface area contributed by atoms with Crippen molar-refractivity contribution in [1.29, 1.82) is 0 Å². The second-order valence-corrected chi connectivity index (χ2v) is 12.3. The van der Waals surface area contributed by atoms with Gasteiger partial charge in [0.25, 0.3) is 0 Å². The number of ether oxygens (including phenoxy) is 4. The second-order valence-electron chi connectivity index (χ2n) is 12.3. The summed E-state index contributed by atoms with van der Waals surface area (Å²) in [6, 6.07) is 30.0. The monoisotopic (exact) mass is 621 g/mol. The minimum absolute atomic E-state index is 0.0612. The van der Waals surface area contributed by atoms with Gasteiger partial charge in [0.2, 0.25) is 0 Å². The summed E-state index contributed by atoms with van der Waals surface area (Å²) in [5.41, 5.74) is 6.52. The van der Waals surface area contributed by atoms with Crippen molar-refractivity contribution in [3.63, 3.8) is 0 Å². The fourth-order valence-corrected chi connectivity index (χ4v) is 5.31. The number of aryl methyl sites for hydroxylation is 1. The summed E-state index contributed by atoms with van der Waals surface area (Å²) in [4.78, 5) is 38.8. The van der Waals surface area contributed by atoms with E-state index in [0.717, 1.165) is 27.8 Å². The Morgan fingerprint density at radius 1 is 0.739 bits per heavy atom. The molecule has 1 amide bonds. The van der Waals surface area contributed by atoms with Crippen LogP contribution in [0, 0.1) is 6.92 Å². The Kier molecular flexibility index (Phi) is 10.1. The smallest absolute Gasteiger partial charge is 0.407 e. The molecule has 0 aromatic heterocycles. The highest BCUT2D eigenvalue weighted by Gasteiger charge is 2.31. The van der Waals surface area contributed by atoms with E-state index in [9.17, 15) is 14.4 Å². The molecule has 4 aromatic rings. The molecule has 1 aliphatic rings. The molecule has 0 bridgehead atoms. The van der Waals surface area contributed by atoms with Gasteiger partial charge in [0, 0.05) is 5.92 Å². The highest BCUT2D eigenvalue weighted by atomic mass is 16.6. The van der Waals surface area contributed by atoms with Crippen molar-refractivity contribution in [3.8, 4) is 16.9 Å². The highest BCUT2D eigenvalue weighted by Crippen LogP contribution is 2.44. The van der Waals surface area contributed by atoms with Crippen molar-refractivity contribution < 1.29 is 33.3 Å². The summed E-state index contributed by atoms with van der Waals surface area (Å²) < 4.78 is 22.4. The number of rotatable bonds is 11.